The first-order valence-corrected chi connectivity index (χ1v) is 8.48. The van der Waals surface area contributed by atoms with Crippen LogP contribution in [-0.4, -0.2) is 55.6 Å². The molecule has 0 radical (unpaired) electrons. The summed E-state index contributed by atoms with van der Waals surface area (Å²) in [5.74, 6) is -0.0264. The van der Waals surface area contributed by atoms with Gasteiger partial charge in [-0.3, -0.25) is 9.69 Å². The van der Waals surface area contributed by atoms with E-state index < -0.39 is 6.04 Å². The third kappa shape index (κ3) is 2.91. The molecule has 1 unspecified atom stereocenters. The molecule has 1 aromatic rings. The summed E-state index contributed by atoms with van der Waals surface area (Å²) in [7, 11) is 3.33. The van der Waals surface area contributed by atoms with Gasteiger partial charge in [0, 0.05) is 20.7 Å². The third-order valence-corrected chi connectivity index (χ3v) is 5.19. The molecule has 0 bridgehead atoms. The average Bonchev–Trinajstić information content (AvgIpc) is 2.90. The minimum Gasteiger partial charge on any atom is -0.383 e. The fourth-order valence-corrected chi connectivity index (χ4v) is 3.53. The van der Waals surface area contributed by atoms with Gasteiger partial charge in [-0.1, -0.05) is 12.1 Å². The van der Waals surface area contributed by atoms with Gasteiger partial charge in [-0.15, -0.1) is 0 Å². The molecular weight excluding hydrogens is 318 g/mol. The summed E-state index contributed by atoms with van der Waals surface area (Å²) in [4.78, 5) is 28.7. The predicted octanol–water partition coefficient (Wildman–Crippen LogP) is 2.05. The zero-order valence-electron chi connectivity index (χ0n) is 15.5. The van der Waals surface area contributed by atoms with Crippen molar-refractivity contribution >= 4 is 11.9 Å². The van der Waals surface area contributed by atoms with Gasteiger partial charge in [0.15, 0.2) is 0 Å². The van der Waals surface area contributed by atoms with Crippen molar-refractivity contribution in [1.29, 1.82) is 0 Å². The lowest BCUT2D eigenvalue weighted by Crippen LogP contribution is -2.45. The summed E-state index contributed by atoms with van der Waals surface area (Å²) < 4.78 is 5.10. The zero-order chi connectivity index (χ0) is 18.3. The molecule has 1 aromatic carbocycles. The second-order valence-corrected chi connectivity index (χ2v) is 6.81. The van der Waals surface area contributed by atoms with Crippen LogP contribution in [-0.2, 0) is 9.53 Å². The van der Waals surface area contributed by atoms with Crippen LogP contribution in [0.15, 0.2) is 23.4 Å². The summed E-state index contributed by atoms with van der Waals surface area (Å²) >= 11 is 0. The number of hydrogen-bond acceptors (Lipinski definition) is 3. The number of urea groups is 1. The Balaban J connectivity index is 2.04. The van der Waals surface area contributed by atoms with E-state index in [9.17, 15) is 9.59 Å². The number of nitrogens with zero attached hydrogens (tertiary/aromatic N) is 2. The predicted molar refractivity (Wildman–Crippen MR) is 95.2 cm³/mol. The maximum Gasteiger partial charge on any atom is 0.322 e. The molecule has 3 rings (SSSR count). The van der Waals surface area contributed by atoms with Crippen molar-refractivity contribution < 1.29 is 14.3 Å². The highest BCUT2D eigenvalue weighted by Gasteiger charge is 2.43. The molecule has 0 saturated heterocycles. The Morgan fingerprint density at radius 2 is 1.84 bits per heavy atom. The van der Waals surface area contributed by atoms with E-state index in [1.807, 2.05) is 13.8 Å². The molecule has 3 amide bonds. The first kappa shape index (κ1) is 17.5. The van der Waals surface area contributed by atoms with Crippen molar-refractivity contribution in [3.8, 4) is 0 Å². The van der Waals surface area contributed by atoms with Crippen LogP contribution < -0.4 is 5.32 Å². The van der Waals surface area contributed by atoms with Crippen LogP contribution in [0.3, 0.4) is 0 Å². The molecule has 1 N–H and O–H groups in total. The van der Waals surface area contributed by atoms with Crippen LogP contribution in [0.5, 0.6) is 0 Å². The first-order valence-electron chi connectivity index (χ1n) is 8.48. The molecule has 6 heteroatoms. The number of nitrogens with one attached hydrogen (secondary N) is 1. The minimum atomic E-state index is -0.405. The molecule has 2 aliphatic heterocycles. The molecule has 0 saturated carbocycles. The molecule has 0 aliphatic carbocycles. The molecular formula is C19H25N3O3. The van der Waals surface area contributed by atoms with Crippen LogP contribution in [0.2, 0.25) is 0 Å². The number of carbonyl (C=O) groups excluding carboxylic acids is 2. The number of hydrogen-bond donors (Lipinski definition) is 1. The highest BCUT2D eigenvalue weighted by molar-refractivity contribution is 6.01. The van der Waals surface area contributed by atoms with Crippen molar-refractivity contribution in [2.45, 2.75) is 26.8 Å². The van der Waals surface area contributed by atoms with Gasteiger partial charge >= 0.3 is 6.03 Å². The maximum absolute atomic E-state index is 13.0. The zero-order valence-corrected chi connectivity index (χ0v) is 15.5. The smallest absolute Gasteiger partial charge is 0.322 e. The lowest BCUT2D eigenvalue weighted by molar-refractivity contribution is -0.126. The summed E-state index contributed by atoms with van der Waals surface area (Å²) in [5.41, 5.74) is 5.87. The Morgan fingerprint density at radius 1 is 1.16 bits per heavy atom. The number of rotatable bonds is 4. The third-order valence-electron chi connectivity index (χ3n) is 5.19. The molecule has 134 valence electrons. The normalized spacial score (nSPS) is 20.3. The number of methoxy groups -OCH3 is 1. The monoisotopic (exact) mass is 343 g/mol. The summed E-state index contributed by atoms with van der Waals surface area (Å²) in [5, 5.41) is 3.00. The number of amides is 3. The van der Waals surface area contributed by atoms with Crippen molar-refractivity contribution in [1.82, 2.24) is 15.1 Å². The van der Waals surface area contributed by atoms with Crippen molar-refractivity contribution in [3.05, 3.63) is 45.7 Å². The van der Waals surface area contributed by atoms with E-state index in [0.717, 1.165) is 22.4 Å². The molecule has 2 heterocycles. The van der Waals surface area contributed by atoms with Gasteiger partial charge in [-0.2, -0.15) is 0 Å². The van der Waals surface area contributed by atoms with E-state index in [4.69, 9.17) is 4.74 Å². The summed E-state index contributed by atoms with van der Waals surface area (Å²) in [6.45, 7) is 7.58. The SMILES string of the molecule is COCCN1CC2=C(C1=O)C(c1cc(C)c(C)cc1C)NC(=O)N2C. The molecule has 6 nitrogen and oxygen atoms in total. The van der Waals surface area contributed by atoms with Crippen molar-refractivity contribution in [2.24, 2.45) is 0 Å². The van der Waals surface area contributed by atoms with E-state index in [2.05, 4.69) is 24.4 Å². The first-order chi connectivity index (χ1) is 11.8. The largest absolute Gasteiger partial charge is 0.383 e. The van der Waals surface area contributed by atoms with Crippen LogP contribution in [0.4, 0.5) is 4.79 Å². The molecule has 25 heavy (non-hydrogen) atoms. The van der Waals surface area contributed by atoms with E-state index in [-0.39, 0.29) is 11.9 Å². The molecule has 0 fully saturated rings. The number of ether oxygens (including phenoxy) is 1. The number of carbonyl (C=O) groups is 2. The Bertz CT molecular complexity index is 769. The lowest BCUT2D eigenvalue weighted by Gasteiger charge is -2.32. The van der Waals surface area contributed by atoms with E-state index in [0.29, 0.717) is 25.3 Å². The Morgan fingerprint density at radius 3 is 2.52 bits per heavy atom. The van der Waals surface area contributed by atoms with Crippen molar-refractivity contribution in [3.63, 3.8) is 0 Å². The van der Waals surface area contributed by atoms with Crippen molar-refractivity contribution in [2.75, 3.05) is 33.9 Å². The van der Waals surface area contributed by atoms with Gasteiger partial charge in [-0.25, -0.2) is 4.79 Å². The highest BCUT2D eigenvalue weighted by atomic mass is 16.5. The van der Waals surface area contributed by atoms with Crippen LogP contribution in [0.25, 0.3) is 0 Å². The quantitative estimate of drug-likeness (QED) is 0.910. The van der Waals surface area contributed by atoms with Gasteiger partial charge in [0.2, 0.25) is 0 Å². The molecule has 0 aromatic heterocycles. The van der Waals surface area contributed by atoms with Gasteiger partial charge in [0.05, 0.1) is 30.5 Å². The molecule has 0 spiro atoms. The second-order valence-electron chi connectivity index (χ2n) is 6.81. The minimum absolute atomic E-state index is 0.0264. The molecule has 1 atom stereocenters. The summed E-state index contributed by atoms with van der Waals surface area (Å²) in [6, 6.07) is 3.61. The standard InChI is InChI=1S/C19H25N3O3/c1-11-8-13(3)14(9-12(11)2)17-16-15(21(4)19(24)20-17)10-22(18(16)23)6-7-25-5/h8-9,17H,6-7,10H2,1-5H3,(H,20,24). The van der Waals surface area contributed by atoms with Gasteiger partial charge in [0.1, 0.15) is 0 Å². The lowest BCUT2D eigenvalue weighted by atomic mass is 9.90. The Labute approximate surface area is 148 Å². The number of likely N-dealkylation sites (N-methyl/N-ethyl adjacent to an activating group) is 1. The summed E-state index contributed by atoms with van der Waals surface area (Å²) in [6.07, 6.45) is 0. The van der Waals surface area contributed by atoms with Crippen LogP contribution in [0.1, 0.15) is 28.3 Å². The van der Waals surface area contributed by atoms with Gasteiger partial charge < -0.3 is 15.0 Å². The number of aryl methyl sites for hydroxylation is 3. The Hall–Kier alpha value is -2.34. The van der Waals surface area contributed by atoms with Crippen LogP contribution in [0, 0.1) is 20.8 Å². The molecule has 2 aliphatic rings. The topological polar surface area (TPSA) is 61.9 Å². The fraction of sp³-hybridized carbons (Fsp3) is 0.474. The van der Waals surface area contributed by atoms with Gasteiger partial charge in [-0.05, 0) is 43.0 Å². The Kier molecular flexibility index (Phi) is 4.56. The van der Waals surface area contributed by atoms with E-state index >= 15 is 0 Å². The second kappa shape index (κ2) is 6.52. The average molecular weight is 343 g/mol. The van der Waals surface area contributed by atoms with E-state index in [1.165, 1.54) is 5.56 Å². The number of benzene rings is 1. The highest BCUT2D eigenvalue weighted by Crippen LogP contribution is 2.37. The van der Waals surface area contributed by atoms with E-state index in [1.54, 1.807) is 24.0 Å². The van der Waals surface area contributed by atoms with Crippen LogP contribution >= 0.6 is 0 Å². The fourth-order valence-electron chi connectivity index (χ4n) is 3.53. The van der Waals surface area contributed by atoms with Gasteiger partial charge in [0.25, 0.3) is 5.91 Å². The maximum atomic E-state index is 13.0.